The van der Waals surface area contributed by atoms with Crippen molar-refractivity contribution in [3.05, 3.63) is 71.7 Å². The minimum absolute atomic E-state index is 0.166. The summed E-state index contributed by atoms with van der Waals surface area (Å²) in [5.74, 6) is 0.407. The third-order valence-corrected chi connectivity index (χ3v) is 3.98. The largest absolute Gasteiger partial charge is 0.351 e. The SMILES string of the molecule is Cc1cc(C(=O)Nc2c(-c3ccccc3)nc3c(C)cccn23)on1. The van der Waals surface area contributed by atoms with E-state index in [1.54, 1.807) is 13.0 Å². The Balaban J connectivity index is 1.86. The van der Waals surface area contributed by atoms with E-state index in [0.717, 1.165) is 16.8 Å². The van der Waals surface area contributed by atoms with Gasteiger partial charge in [0, 0.05) is 17.8 Å². The van der Waals surface area contributed by atoms with Gasteiger partial charge in [-0.2, -0.15) is 0 Å². The van der Waals surface area contributed by atoms with Gasteiger partial charge in [-0.3, -0.25) is 9.20 Å². The zero-order chi connectivity index (χ0) is 17.4. The Morgan fingerprint density at radius 1 is 1.12 bits per heavy atom. The highest BCUT2D eigenvalue weighted by Gasteiger charge is 2.20. The van der Waals surface area contributed by atoms with Gasteiger partial charge in [0.25, 0.3) is 5.91 Å². The smallest absolute Gasteiger partial charge is 0.295 e. The molecule has 0 atom stereocenters. The van der Waals surface area contributed by atoms with Crippen LogP contribution in [-0.4, -0.2) is 20.4 Å². The molecule has 0 bridgehead atoms. The van der Waals surface area contributed by atoms with E-state index in [9.17, 15) is 4.79 Å². The summed E-state index contributed by atoms with van der Waals surface area (Å²) < 4.78 is 6.94. The fourth-order valence-electron chi connectivity index (χ4n) is 2.76. The molecular formula is C19H16N4O2. The zero-order valence-corrected chi connectivity index (χ0v) is 13.9. The summed E-state index contributed by atoms with van der Waals surface area (Å²) in [6.45, 7) is 3.76. The van der Waals surface area contributed by atoms with Crippen molar-refractivity contribution in [1.29, 1.82) is 0 Å². The first kappa shape index (κ1) is 15.1. The molecule has 0 radical (unpaired) electrons. The van der Waals surface area contributed by atoms with E-state index in [2.05, 4.69) is 10.5 Å². The molecule has 0 aliphatic heterocycles. The molecule has 6 nitrogen and oxygen atoms in total. The molecule has 0 saturated heterocycles. The van der Waals surface area contributed by atoms with Gasteiger partial charge in [0.05, 0.1) is 5.69 Å². The van der Waals surface area contributed by atoms with E-state index in [1.165, 1.54) is 0 Å². The molecule has 0 spiro atoms. The maximum atomic E-state index is 12.6. The van der Waals surface area contributed by atoms with Gasteiger partial charge in [0.1, 0.15) is 17.2 Å². The van der Waals surface area contributed by atoms with E-state index >= 15 is 0 Å². The zero-order valence-electron chi connectivity index (χ0n) is 13.9. The Bertz CT molecular complexity index is 1060. The molecule has 0 fully saturated rings. The number of carbonyl (C=O) groups is 1. The monoisotopic (exact) mass is 332 g/mol. The van der Waals surface area contributed by atoms with Crippen LogP contribution in [0, 0.1) is 13.8 Å². The molecule has 0 unspecified atom stereocenters. The molecule has 3 aromatic heterocycles. The number of hydrogen-bond acceptors (Lipinski definition) is 4. The number of aryl methyl sites for hydroxylation is 2. The number of hydrogen-bond donors (Lipinski definition) is 1. The normalized spacial score (nSPS) is 11.0. The first-order valence-corrected chi connectivity index (χ1v) is 7.91. The van der Waals surface area contributed by atoms with Gasteiger partial charge in [-0.25, -0.2) is 4.98 Å². The highest BCUT2D eigenvalue weighted by atomic mass is 16.5. The van der Waals surface area contributed by atoms with E-state index in [4.69, 9.17) is 9.51 Å². The van der Waals surface area contributed by atoms with Crippen LogP contribution >= 0.6 is 0 Å². The number of fused-ring (bicyclic) bond motifs is 1. The van der Waals surface area contributed by atoms with Gasteiger partial charge in [0.2, 0.25) is 5.76 Å². The van der Waals surface area contributed by atoms with E-state index in [0.29, 0.717) is 17.2 Å². The maximum Gasteiger partial charge on any atom is 0.295 e. The topological polar surface area (TPSA) is 72.4 Å². The standard InChI is InChI=1S/C19H16N4O2/c1-12-7-6-10-23-17(12)20-16(14-8-4-3-5-9-14)18(23)21-19(24)15-11-13(2)22-25-15/h3-11H,1-2H3,(H,21,24). The lowest BCUT2D eigenvalue weighted by Gasteiger charge is -2.06. The molecule has 0 saturated carbocycles. The number of carbonyl (C=O) groups excluding carboxylic acids is 1. The van der Waals surface area contributed by atoms with Crippen LogP contribution in [0.2, 0.25) is 0 Å². The average Bonchev–Trinajstić information content (AvgIpc) is 3.21. The molecule has 1 N–H and O–H groups in total. The first-order chi connectivity index (χ1) is 12.1. The predicted molar refractivity (Wildman–Crippen MR) is 94.6 cm³/mol. The molecule has 1 amide bonds. The van der Waals surface area contributed by atoms with Gasteiger partial charge in [-0.1, -0.05) is 41.6 Å². The molecule has 0 aliphatic carbocycles. The van der Waals surface area contributed by atoms with Crippen molar-refractivity contribution >= 4 is 17.4 Å². The summed E-state index contributed by atoms with van der Waals surface area (Å²) in [5.41, 5.74) is 4.11. The van der Waals surface area contributed by atoms with E-state index in [1.807, 2.05) is 60.0 Å². The van der Waals surface area contributed by atoms with Crippen molar-refractivity contribution in [3.63, 3.8) is 0 Å². The van der Waals surface area contributed by atoms with Crippen LogP contribution < -0.4 is 5.32 Å². The summed E-state index contributed by atoms with van der Waals surface area (Å²) in [4.78, 5) is 17.3. The van der Waals surface area contributed by atoms with Crippen molar-refractivity contribution in [2.75, 3.05) is 5.32 Å². The van der Waals surface area contributed by atoms with Crippen molar-refractivity contribution in [2.45, 2.75) is 13.8 Å². The third kappa shape index (κ3) is 2.67. The highest BCUT2D eigenvalue weighted by molar-refractivity contribution is 6.04. The van der Waals surface area contributed by atoms with Crippen molar-refractivity contribution in [1.82, 2.24) is 14.5 Å². The number of rotatable bonds is 3. The van der Waals surface area contributed by atoms with Gasteiger partial charge < -0.3 is 9.84 Å². The average molecular weight is 332 g/mol. The fourth-order valence-corrected chi connectivity index (χ4v) is 2.76. The van der Waals surface area contributed by atoms with Crippen LogP contribution in [-0.2, 0) is 0 Å². The fraction of sp³-hybridized carbons (Fsp3) is 0.105. The lowest BCUT2D eigenvalue weighted by molar-refractivity contribution is 0.0987. The van der Waals surface area contributed by atoms with Gasteiger partial charge in [-0.05, 0) is 25.5 Å². The number of aromatic nitrogens is 3. The Hall–Kier alpha value is -3.41. The van der Waals surface area contributed by atoms with Crippen LogP contribution in [0.25, 0.3) is 16.9 Å². The van der Waals surface area contributed by atoms with Crippen LogP contribution in [0.1, 0.15) is 21.8 Å². The minimum atomic E-state index is -0.360. The lowest BCUT2D eigenvalue weighted by atomic mass is 10.1. The Labute approximate surface area is 144 Å². The molecule has 6 heteroatoms. The van der Waals surface area contributed by atoms with Crippen molar-refractivity contribution < 1.29 is 9.32 Å². The molecule has 25 heavy (non-hydrogen) atoms. The van der Waals surface area contributed by atoms with Gasteiger partial charge >= 0.3 is 0 Å². The molecule has 4 aromatic rings. The van der Waals surface area contributed by atoms with Crippen LogP contribution in [0.3, 0.4) is 0 Å². The second kappa shape index (κ2) is 5.90. The number of amides is 1. The molecule has 0 aliphatic rings. The van der Waals surface area contributed by atoms with Crippen molar-refractivity contribution in [3.8, 4) is 11.3 Å². The quantitative estimate of drug-likeness (QED) is 0.618. The summed E-state index contributed by atoms with van der Waals surface area (Å²) in [6.07, 6.45) is 1.88. The van der Waals surface area contributed by atoms with Crippen LogP contribution in [0.4, 0.5) is 5.82 Å². The molecule has 1 aromatic carbocycles. The van der Waals surface area contributed by atoms with Gasteiger partial charge in [-0.15, -0.1) is 0 Å². The number of benzene rings is 1. The number of pyridine rings is 1. The number of nitrogens with one attached hydrogen (secondary N) is 1. The second-order valence-electron chi connectivity index (χ2n) is 5.85. The molecular weight excluding hydrogens is 316 g/mol. The number of imidazole rings is 1. The minimum Gasteiger partial charge on any atom is -0.351 e. The number of nitrogens with zero attached hydrogens (tertiary/aromatic N) is 3. The summed E-state index contributed by atoms with van der Waals surface area (Å²) in [5, 5.41) is 6.68. The third-order valence-electron chi connectivity index (χ3n) is 3.98. The second-order valence-corrected chi connectivity index (χ2v) is 5.85. The van der Waals surface area contributed by atoms with E-state index in [-0.39, 0.29) is 11.7 Å². The van der Waals surface area contributed by atoms with E-state index < -0.39 is 0 Å². The molecule has 124 valence electrons. The Kier molecular flexibility index (Phi) is 3.57. The van der Waals surface area contributed by atoms with Crippen LogP contribution in [0.5, 0.6) is 0 Å². The van der Waals surface area contributed by atoms with Crippen LogP contribution in [0.15, 0.2) is 59.3 Å². The molecule has 4 rings (SSSR count). The Morgan fingerprint density at radius 2 is 1.92 bits per heavy atom. The summed E-state index contributed by atoms with van der Waals surface area (Å²) in [7, 11) is 0. The lowest BCUT2D eigenvalue weighted by Crippen LogP contribution is -2.13. The number of anilines is 1. The highest BCUT2D eigenvalue weighted by Crippen LogP contribution is 2.30. The maximum absolute atomic E-state index is 12.6. The van der Waals surface area contributed by atoms with Crippen molar-refractivity contribution in [2.24, 2.45) is 0 Å². The Morgan fingerprint density at radius 3 is 2.64 bits per heavy atom. The predicted octanol–water partition coefficient (Wildman–Crippen LogP) is 3.86. The van der Waals surface area contributed by atoms with Gasteiger partial charge in [0.15, 0.2) is 0 Å². The summed E-state index contributed by atoms with van der Waals surface area (Å²) >= 11 is 0. The summed E-state index contributed by atoms with van der Waals surface area (Å²) in [6, 6.07) is 15.3. The molecule has 3 heterocycles. The first-order valence-electron chi connectivity index (χ1n) is 7.91.